The summed E-state index contributed by atoms with van der Waals surface area (Å²) in [4.78, 5) is 0. The van der Waals surface area contributed by atoms with Gasteiger partial charge in [0, 0.05) is 0 Å². The van der Waals surface area contributed by atoms with Gasteiger partial charge in [-0.2, -0.15) is 4.31 Å². The maximum Gasteiger partial charge on any atom is 0.122 e. The van der Waals surface area contributed by atoms with Gasteiger partial charge in [-0.15, -0.1) is 0 Å². The van der Waals surface area contributed by atoms with Crippen molar-refractivity contribution in [2.45, 2.75) is 33.2 Å². The molecule has 0 atom stereocenters. The Hall–Kier alpha value is -0.630. The number of benzene rings is 1. The van der Waals surface area contributed by atoms with E-state index < -0.39 is 0 Å². The molecule has 15 heavy (non-hydrogen) atoms. The molecule has 0 aromatic heterocycles. The molecule has 0 N–H and O–H groups in total. The first kappa shape index (κ1) is 12.4. The van der Waals surface area contributed by atoms with Gasteiger partial charge >= 0.3 is 0 Å². The van der Waals surface area contributed by atoms with Crippen LogP contribution in [0.1, 0.15) is 26.3 Å². The van der Waals surface area contributed by atoms with Crippen LogP contribution in [0.5, 0.6) is 0 Å². The van der Waals surface area contributed by atoms with E-state index in [1.807, 2.05) is 0 Å². The van der Waals surface area contributed by atoms with Crippen LogP contribution in [0, 0.1) is 6.92 Å². The van der Waals surface area contributed by atoms with Crippen LogP contribution in [-0.2, 0) is 11.1 Å². The number of hydrogen-bond donors (Lipinski definition) is 0. The predicted octanol–water partition coefficient (Wildman–Crippen LogP) is 3.39. The summed E-state index contributed by atoms with van der Waals surface area (Å²) in [6, 6.07) is 8.79. The molecular weight excluding hydrogens is 202 g/mol. The van der Waals surface area contributed by atoms with Crippen LogP contribution in [0.25, 0.3) is 0 Å². The minimum absolute atomic E-state index is 0.182. The molecule has 0 aliphatic rings. The van der Waals surface area contributed by atoms with Crippen molar-refractivity contribution >= 4 is 16.8 Å². The van der Waals surface area contributed by atoms with E-state index in [2.05, 4.69) is 68.8 Å². The molecule has 0 bridgehead atoms. The molecule has 1 aromatic rings. The molecule has 0 unspecified atom stereocenters. The number of rotatable bonds is 2. The zero-order chi connectivity index (χ0) is 11.6. The van der Waals surface area contributed by atoms with Gasteiger partial charge in [-0.1, -0.05) is 17.7 Å². The second kappa shape index (κ2) is 4.48. The summed E-state index contributed by atoms with van der Waals surface area (Å²) in [6.45, 7) is 8.92. The van der Waals surface area contributed by atoms with Crippen molar-refractivity contribution in [2.75, 3.05) is 16.8 Å². The van der Waals surface area contributed by atoms with E-state index in [0.717, 1.165) is 0 Å². The molecule has 0 fully saturated rings. The highest BCUT2D eigenvalue weighted by Gasteiger charge is 2.31. The monoisotopic (exact) mass is 224 g/mol. The highest BCUT2D eigenvalue weighted by Crippen LogP contribution is 2.26. The molecule has 1 nitrogen and oxygen atoms in total. The summed E-state index contributed by atoms with van der Waals surface area (Å²) < 4.78 is 2.48. The van der Waals surface area contributed by atoms with Gasteiger partial charge in [0.15, 0.2) is 0 Å². The quantitative estimate of drug-likeness (QED) is 0.696. The lowest BCUT2D eigenvalue weighted by Gasteiger charge is -2.32. The lowest BCUT2D eigenvalue weighted by Crippen LogP contribution is -2.44. The molecule has 0 saturated heterocycles. The summed E-state index contributed by atoms with van der Waals surface area (Å²) in [7, 11) is 0. The van der Waals surface area contributed by atoms with Gasteiger partial charge in [0.1, 0.15) is 12.5 Å². The summed E-state index contributed by atoms with van der Waals surface area (Å²) >= 11 is 0.253. The van der Waals surface area contributed by atoms with Crippen molar-refractivity contribution in [2.24, 2.45) is 0 Å². The van der Waals surface area contributed by atoms with E-state index in [1.165, 1.54) is 11.3 Å². The normalized spacial score (nSPS) is 11.9. The molecule has 1 aromatic carbocycles. The van der Waals surface area contributed by atoms with E-state index in [1.54, 1.807) is 0 Å². The van der Waals surface area contributed by atoms with Crippen LogP contribution in [0.3, 0.4) is 0 Å². The average molecular weight is 224 g/mol. The van der Waals surface area contributed by atoms with E-state index in [4.69, 9.17) is 0 Å². The number of aryl methyl sites for hydroxylation is 1. The second-order valence-electron chi connectivity index (χ2n) is 5.07. The van der Waals surface area contributed by atoms with Crippen LogP contribution in [-0.4, -0.2) is 18.1 Å². The molecule has 0 saturated carbocycles. The summed E-state index contributed by atoms with van der Waals surface area (Å²) in [5.41, 5.74) is 2.82. The van der Waals surface area contributed by atoms with Crippen molar-refractivity contribution in [3.8, 4) is 0 Å². The summed E-state index contributed by atoms with van der Waals surface area (Å²) in [6.07, 6.45) is 4.54. The molecule has 0 aliphatic carbocycles. The van der Waals surface area contributed by atoms with Gasteiger partial charge in [-0.3, -0.25) is 0 Å². The first-order chi connectivity index (χ1) is 6.82. The van der Waals surface area contributed by atoms with Gasteiger partial charge in [0.05, 0.1) is 22.3 Å². The van der Waals surface area contributed by atoms with Gasteiger partial charge in [-0.05, 0) is 39.8 Å². The number of anilines is 1. The highest BCUT2D eigenvalue weighted by molar-refractivity contribution is 7.96. The smallest absolute Gasteiger partial charge is 0.122 e. The predicted molar refractivity (Wildman–Crippen MR) is 72.6 cm³/mol. The van der Waals surface area contributed by atoms with Crippen molar-refractivity contribution in [3.63, 3.8) is 0 Å². The standard InChI is InChI=1S/C13H22NS/c1-11-7-9-12(10-8-11)14(15(5)6)13(2,3)4/h7-10H,1-6H3/q+1. The largest absolute Gasteiger partial charge is 0.190 e. The Labute approximate surface area is 97.0 Å². The summed E-state index contributed by atoms with van der Waals surface area (Å²) in [5, 5.41) is 0. The third kappa shape index (κ3) is 3.16. The molecule has 2 heteroatoms. The molecule has 0 amide bonds. The molecule has 0 aliphatic heterocycles. The Morgan fingerprint density at radius 3 is 1.80 bits per heavy atom. The average Bonchev–Trinajstić information content (AvgIpc) is 2.05. The van der Waals surface area contributed by atoms with Crippen LogP contribution in [0.15, 0.2) is 24.3 Å². The van der Waals surface area contributed by atoms with E-state index in [9.17, 15) is 0 Å². The van der Waals surface area contributed by atoms with Crippen LogP contribution in [0.2, 0.25) is 0 Å². The van der Waals surface area contributed by atoms with Gasteiger partial charge in [0.2, 0.25) is 0 Å². The van der Waals surface area contributed by atoms with Gasteiger partial charge < -0.3 is 0 Å². The zero-order valence-corrected chi connectivity index (χ0v) is 11.5. The molecule has 0 radical (unpaired) electrons. The lowest BCUT2D eigenvalue weighted by atomic mass is 10.1. The third-order valence-electron chi connectivity index (χ3n) is 2.24. The van der Waals surface area contributed by atoms with Crippen molar-refractivity contribution < 1.29 is 0 Å². The van der Waals surface area contributed by atoms with Crippen molar-refractivity contribution in [1.82, 2.24) is 0 Å². The van der Waals surface area contributed by atoms with Gasteiger partial charge in [0.25, 0.3) is 0 Å². The minimum Gasteiger partial charge on any atom is -0.190 e. The Kier molecular flexibility index (Phi) is 3.72. The molecular formula is C13H22NS+. The minimum atomic E-state index is 0.182. The SMILES string of the molecule is Cc1ccc(N([S+](C)C)C(C)(C)C)cc1. The number of nitrogens with zero attached hydrogens (tertiary/aromatic N) is 1. The van der Waals surface area contributed by atoms with Crippen molar-refractivity contribution in [3.05, 3.63) is 29.8 Å². The zero-order valence-electron chi connectivity index (χ0n) is 10.7. The third-order valence-corrected chi connectivity index (χ3v) is 3.73. The molecule has 84 valence electrons. The van der Waals surface area contributed by atoms with Crippen LogP contribution in [0.4, 0.5) is 5.69 Å². The first-order valence-corrected chi connectivity index (χ1v) is 7.27. The maximum atomic E-state index is 2.48. The molecule has 0 spiro atoms. The summed E-state index contributed by atoms with van der Waals surface area (Å²) in [5.74, 6) is 0. The maximum absolute atomic E-state index is 2.48. The molecule has 1 rings (SSSR count). The fourth-order valence-corrected chi connectivity index (χ4v) is 3.46. The number of hydrogen-bond acceptors (Lipinski definition) is 1. The Morgan fingerprint density at radius 2 is 1.47 bits per heavy atom. The van der Waals surface area contributed by atoms with Crippen LogP contribution < -0.4 is 4.31 Å². The van der Waals surface area contributed by atoms with Crippen molar-refractivity contribution in [1.29, 1.82) is 0 Å². The van der Waals surface area contributed by atoms with E-state index >= 15 is 0 Å². The van der Waals surface area contributed by atoms with E-state index in [0.29, 0.717) is 0 Å². The van der Waals surface area contributed by atoms with Crippen LogP contribution >= 0.6 is 0 Å². The van der Waals surface area contributed by atoms with E-state index in [-0.39, 0.29) is 16.6 Å². The molecule has 0 heterocycles. The lowest BCUT2D eigenvalue weighted by molar-refractivity contribution is 0.587. The fraction of sp³-hybridized carbons (Fsp3) is 0.538. The van der Waals surface area contributed by atoms with Gasteiger partial charge in [-0.25, -0.2) is 0 Å². The highest BCUT2D eigenvalue weighted by atomic mass is 32.2. The second-order valence-corrected chi connectivity index (χ2v) is 6.99. The Balaban J connectivity index is 3.05. The fourth-order valence-electron chi connectivity index (χ4n) is 1.83. The Bertz CT molecular complexity index is 308. The first-order valence-electron chi connectivity index (χ1n) is 5.27. The topological polar surface area (TPSA) is 3.24 Å². The Morgan fingerprint density at radius 1 is 1.00 bits per heavy atom.